The van der Waals surface area contributed by atoms with Gasteiger partial charge in [0.2, 0.25) is 0 Å². The van der Waals surface area contributed by atoms with Gasteiger partial charge in [0.1, 0.15) is 5.75 Å². The Hall–Kier alpha value is -1.60. The third-order valence-corrected chi connectivity index (χ3v) is 5.44. The predicted octanol–water partition coefficient (Wildman–Crippen LogP) is 0.686. The van der Waals surface area contributed by atoms with Crippen LogP contribution in [-0.4, -0.2) is 45.7 Å². The van der Waals surface area contributed by atoms with Crippen molar-refractivity contribution in [1.29, 1.82) is 0 Å². The number of methoxy groups -OCH3 is 1. The second kappa shape index (κ2) is 6.44. The molecule has 21 heavy (non-hydrogen) atoms. The summed E-state index contributed by atoms with van der Waals surface area (Å²) in [5.74, 6) is -0.260. The van der Waals surface area contributed by atoms with Crippen LogP contribution in [-0.2, 0) is 19.4 Å². The Morgan fingerprint density at radius 1 is 1.38 bits per heavy atom. The van der Waals surface area contributed by atoms with Crippen molar-refractivity contribution in [2.75, 3.05) is 26.0 Å². The van der Waals surface area contributed by atoms with Crippen LogP contribution in [0.4, 0.5) is 0 Å². The molecule has 1 aromatic rings. The van der Waals surface area contributed by atoms with Crippen LogP contribution < -0.4 is 10.1 Å². The van der Waals surface area contributed by atoms with E-state index in [4.69, 9.17) is 9.47 Å². The summed E-state index contributed by atoms with van der Waals surface area (Å²) in [4.78, 5) is 12.1. The Morgan fingerprint density at radius 3 is 2.76 bits per heavy atom. The lowest BCUT2D eigenvalue weighted by molar-refractivity contribution is -0.143. The van der Waals surface area contributed by atoms with Crippen molar-refractivity contribution in [2.45, 2.75) is 18.2 Å². The maximum Gasteiger partial charge on any atom is 0.326 e. The van der Waals surface area contributed by atoms with Crippen LogP contribution in [0.2, 0.25) is 0 Å². The lowest BCUT2D eigenvalue weighted by atomic mass is 10.0. The van der Waals surface area contributed by atoms with E-state index in [9.17, 15) is 13.2 Å². The Morgan fingerprint density at radius 2 is 2.10 bits per heavy atom. The first-order valence-corrected chi connectivity index (χ1v) is 8.47. The number of hydrogen-bond acceptors (Lipinski definition) is 6. The van der Waals surface area contributed by atoms with E-state index in [-0.39, 0.29) is 12.4 Å². The minimum Gasteiger partial charge on any atom is -0.496 e. The Kier molecular flexibility index (Phi) is 4.84. The van der Waals surface area contributed by atoms with Crippen LogP contribution in [0.3, 0.4) is 0 Å². The molecule has 6 nitrogen and oxygen atoms in total. The lowest BCUT2D eigenvalue weighted by Crippen LogP contribution is -2.51. The highest BCUT2D eigenvalue weighted by atomic mass is 32.2. The molecule has 1 heterocycles. The summed E-state index contributed by atoms with van der Waals surface area (Å²) in [6, 6.07) is 6.39. The lowest BCUT2D eigenvalue weighted by Gasteiger charge is -2.31. The Balaban J connectivity index is 2.46. The Bertz CT molecular complexity index is 614. The molecule has 0 spiro atoms. The maximum absolute atomic E-state index is 12.3. The molecule has 116 valence electrons. The summed E-state index contributed by atoms with van der Waals surface area (Å²) in [7, 11) is -2.05. The maximum atomic E-state index is 12.3. The molecule has 2 rings (SSSR count). The first-order chi connectivity index (χ1) is 10.0. The number of benzene rings is 1. The summed E-state index contributed by atoms with van der Waals surface area (Å²) in [5, 5.41) is 1.85. The summed E-state index contributed by atoms with van der Waals surface area (Å²) >= 11 is 0. The molecule has 1 fully saturated rings. The average molecular weight is 313 g/mol. The van der Waals surface area contributed by atoms with E-state index in [1.807, 2.05) is 0 Å². The van der Waals surface area contributed by atoms with Crippen LogP contribution in [0, 0.1) is 0 Å². The summed E-state index contributed by atoms with van der Waals surface area (Å²) in [6.07, 6.45) is 0. The van der Waals surface area contributed by atoms with E-state index in [0.717, 1.165) is 0 Å². The molecule has 0 aliphatic carbocycles. The van der Waals surface area contributed by atoms with Gasteiger partial charge in [-0.05, 0) is 13.0 Å². The van der Waals surface area contributed by atoms with E-state index in [0.29, 0.717) is 17.9 Å². The number of nitrogens with one attached hydrogen (secondary N) is 1. The number of carbonyl (C=O) groups is 1. The molecular weight excluding hydrogens is 294 g/mol. The van der Waals surface area contributed by atoms with Gasteiger partial charge in [0.25, 0.3) is 0 Å². The molecule has 0 radical (unpaired) electrons. The second-order valence-corrected chi connectivity index (χ2v) is 6.96. The van der Waals surface area contributed by atoms with Crippen LogP contribution >= 0.6 is 0 Å². The molecule has 0 bridgehead atoms. The van der Waals surface area contributed by atoms with Crippen LogP contribution in [0.1, 0.15) is 18.5 Å². The standard InChI is InChI=1S/C14H19NO5S/c1-3-20-14(16)13-12(15-8-9-21(13,17)18)10-6-4-5-7-11(10)19-2/h4-7,12-13,15H,3,8-9H2,1-2H3/t12-,13-/m0/s1. The highest BCUT2D eigenvalue weighted by Crippen LogP contribution is 2.32. The van der Waals surface area contributed by atoms with Crippen molar-refractivity contribution in [1.82, 2.24) is 5.32 Å². The third kappa shape index (κ3) is 3.19. The van der Waals surface area contributed by atoms with Gasteiger partial charge in [-0.3, -0.25) is 4.79 Å². The SMILES string of the molecule is CCOC(=O)[C@@H]1[C@H](c2ccccc2OC)NCCS1(=O)=O. The summed E-state index contributed by atoms with van der Waals surface area (Å²) in [5.41, 5.74) is 0.640. The molecule has 7 heteroatoms. The average Bonchev–Trinajstić information content (AvgIpc) is 2.46. The topological polar surface area (TPSA) is 81.7 Å². The molecule has 1 saturated heterocycles. The van der Waals surface area contributed by atoms with Gasteiger partial charge >= 0.3 is 5.97 Å². The predicted molar refractivity (Wildman–Crippen MR) is 77.9 cm³/mol. The molecule has 0 amide bonds. The molecular formula is C14H19NO5S. The number of sulfone groups is 1. The van der Waals surface area contributed by atoms with Gasteiger partial charge in [0, 0.05) is 12.1 Å². The van der Waals surface area contributed by atoms with Gasteiger partial charge in [-0.2, -0.15) is 0 Å². The minimum absolute atomic E-state index is 0.0812. The smallest absolute Gasteiger partial charge is 0.326 e. The first kappa shape index (κ1) is 15.8. The summed E-state index contributed by atoms with van der Waals surface area (Å²) in [6.45, 7) is 2.09. The number of carbonyl (C=O) groups excluding carboxylic acids is 1. The molecule has 2 atom stereocenters. The second-order valence-electron chi connectivity index (χ2n) is 4.71. The van der Waals surface area contributed by atoms with E-state index < -0.39 is 27.1 Å². The van der Waals surface area contributed by atoms with Gasteiger partial charge in [-0.25, -0.2) is 8.42 Å². The fourth-order valence-corrected chi connectivity index (χ4v) is 4.18. The normalized spacial score (nSPS) is 24.3. The molecule has 1 aliphatic heterocycles. The highest BCUT2D eigenvalue weighted by molar-refractivity contribution is 7.92. The number of hydrogen-bond donors (Lipinski definition) is 1. The van der Waals surface area contributed by atoms with Crippen molar-refractivity contribution in [3.05, 3.63) is 29.8 Å². The molecule has 0 saturated carbocycles. The molecule has 1 N–H and O–H groups in total. The fourth-order valence-electron chi connectivity index (χ4n) is 2.50. The highest BCUT2D eigenvalue weighted by Gasteiger charge is 2.44. The number of rotatable bonds is 4. The summed E-state index contributed by atoms with van der Waals surface area (Å²) < 4.78 is 34.8. The third-order valence-electron chi connectivity index (χ3n) is 3.43. The van der Waals surface area contributed by atoms with Gasteiger partial charge in [-0.15, -0.1) is 0 Å². The zero-order valence-corrected chi connectivity index (χ0v) is 12.9. The number of ether oxygens (including phenoxy) is 2. The van der Waals surface area contributed by atoms with Crippen molar-refractivity contribution in [3.63, 3.8) is 0 Å². The monoisotopic (exact) mass is 313 g/mol. The van der Waals surface area contributed by atoms with Crippen molar-refractivity contribution in [2.24, 2.45) is 0 Å². The fraction of sp³-hybridized carbons (Fsp3) is 0.500. The van der Waals surface area contributed by atoms with Crippen LogP contribution in [0.25, 0.3) is 0 Å². The van der Waals surface area contributed by atoms with Gasteiger partial charge in [0.15, 0.2) is 15.1 Å². The van der Waals surface area contributed by atoms with Crippen LogP contribution in [0.15, 0.2) is 24.3 Å². The van der Waals surface area contributed by atoms with E-state index in [2.05, 4.69) is 5.32 Å². The van der Waals surface area contributed by atoms with E-state index in [1.165, 1.54) is 7.11 Å². The minimum atomic E-state index is -3.56. The van der Waals surface area contributed by atoms with E-state index >= 15 is 0 Å². The molecule has 1 aromatic carbocycles. The van der Waals surface area contributed by atoms with E-state index in [1.54, 1.807) is 31.2 Å². The molecule has 0 aromatic heterocycles. The largest absolute Gasteiger partial charge is 0.496 e. The zero-order chi connectivity index (χ0) is 15.5. The quantitative estimate of drug-likeness (QED) is 0.824. The van der Waals surface area contributed by atoms with Crippen LogP contribution in [0.5, 0.6) is 5.75 Å². The first-order valence-electron chi connectivity index (χ1n) is 6.75. The number of para-hydroxylation sites is 1. The zero-order valence-electron chi connectivity index (χ0n) is 12.0. The van der Waals surface area contributed by atoms with Gasteiger partial charge < -0.3 is 14.8 Å². The van der Waals surface area contributed by atoms with Gasteiger partial charge in [0.05, 0.1) is 25.5 Å². The van der Waals surface area contributed by atoms with Crippen molar-refractivity contribution < 1.29 is 22.7 Å². The molecule has 1 aliphatic rings. The molecule has 0 unspecified atom stereocenters. The van der Waals surface area contributed by atoms with Crippen molar-refractivity contribution in [3.8, 4) is 5.75 Å². The van der Waals surface area contributed by atoms with Crippen molar-refractivity contribution >= 4 is 15.8 Å². The number of esters is 1. The Labute approximate surface area is 124 Å². The van der Waals surface area contributed by atoms with Gasteiger partial charge in [-0.1, -0.05) is 18.2 Å².